The molecule has 0 aromatic rings. The summed E-state index contributed by atoms with van der Waals surface area (Å²) in [5, 5.41) is 0. The van der Waals surface area contributed by atoms with Crippen LogP contribution in [0.4, 0.5) is 0 Å². The first-order valence-electron chi connectivity index (χ1n) is 6.16. The van der Waals surface area contributed by atoms with Crippen LogP contribution < -0.4 is 0 Å². The van der Waals surface area contributed by atoms with Gasteiger partial charge in [0.05, 0.1) is 0 Å². The molecule has 1 aliphatic carbocycles. The highest BCUT2D eigenvalue weighted by Gasteiger charge is 2.33. The fourth-order valence-electron chi connectivity index (χ4n) is 1.97. The topological polar surface area (TPSA) is 0 Å². The first-order chi connectivity index (χ1) is 6.79. The van der Waals surface area contributed by atoms with Crippen LogP contribution in [0.5, 0.6) is 0 Å². The molecule has 0 radical (unpaired) electrons. The standard InChI is InChI=1S/C15H26/c1-7-14(3,4)11-10-13-9-8-12(2)15(13,5)6/h8,10-11,13H,7,9H2,1-6H3. The molecule has 86 valence electrons. The number of allylic oxidation sites excluding steroid dienone is 4. The molecular weight excluding hydrogens is 180 g/mol. The van der Waals surface area contributed by atoms with Crippen LogP contribution in [0.1, 0.15) is 54.4 Å². The van der Waals surface area contributed by atoms with Crippen molar-refractivity contribution in [3.63, 3.8) is 0 Å². The normalized spacial score (nSPS) is 26.0. The Morgan fingerprint density at radius 1 is 1.47 bits per heavy atom. The zero-order valence-corrected chi connectivity index (χ0v) is 11.2. The van der Waals surface area contributed by atoms with E-state index in [9.17, 15) is 0 Å². The summed E-state index contributed by atoms with van der Waals surface area (Å²) in [6.45, 7) is 13.9. The van der Waals surface area contributed by atoms with Gasteiger partial charge in [0.15, 0.2) is 0 Å². The lowest BCUT2D eigenvalue weighted by Gasteiger charge is -2.28. The van der Waals surface area contributed by atoms with Crippen LogP contribution >= 0.6 is 0 Å². The lowest BCUT2D eigenvalue weighted by Crippen LogP contribution is -2.19. The van der Waals surface area contributed by atoms with Crippen molar-refractivity contribution >= 4 is 0 Å². The van der Waals surface area contributed by atoms with Crippen molar-refractivity contribution < 1.29 is 0 Å². The van der Waals surface area contributed by atoms with Gasteiger partial charge in [-0.25, -0.2) is 0 Å². The van der Waals surface area contributed by atoms with Crippen molar-refractivity contribution in [1.29, 1.82) is 0 Å². The summed E-state index contributed by atoms with van der Waals surface area (Å²) < 4.78 is 0. The summed E-state index contributed by atoms with van der Waals surface area (Å²) in [5.74, 6) is 0.698. The number of hydrogen-bond donors (Lipinski definition) is 0. The highest BCUT2D eigenvalue weighted by Crippen LogP contribution is 2.44. The van der Waals surface area contributed by atoms with E-state index in [1.807, 2.05) is 0 Å². The Balaban J connectivity index is 2.71. The van der Waals surface area contributed by atoms with Crippen molar-refractivity contribution in [2.45, 2.75) is 54.4 Å². The minimum absolute atomic E-state index is 0.354. The van der Waals surface area contributed by atoms with Crippen molar-refractivity contribution in [2.24, 2.45) is 16.7 Å². The van der Waals surface area contributed by atoms with Gasteiger partial charge in [0.25, 0.3) is 0 Å². The average molecular weight is 206 g/mol. The molecule has 0 aromatic heterocycles. The molecule has 0 N–H and O–H groups in total. The Morgan fingerprint density at radius 3 is 2.47 bits per heavy atom. The predicted octanol–water partition coefficient (Wildman–Crippen LogP) is 4.97. The molecule has 0 nitrogen and oxygen atoms in total. The molecule has 0 saturated carbocycles. The average Bonchev–Trinajstić information content (AvgIpc) is 2.40. The monoisotopic (exact) mass is 206 g/mol. The van der Waals surface area contributed by atoms with Crippen molar-refractivity contribution in [2.75, 3.05) is 0 Å². The van der Waals surface area contributed by atoms with Crippen molar-refractivity contribution in [3.05, 3.63) is 23.8 Å². The first kappa shape index (κ1) is 12.5. The molecule has 0 bridgehead atoms. The Bertz CT molecular complexity index is 276. The maximum atomic E-state index is 2.44. The Kier molecular flexibility index (Phi) is 3.48. The maximum absolute atomic E-state index is 2.44. The second kappa shape index (κ2) is 4.15. The lowest BCUT2D eigenvalue weighted by atomic mass is 9.76. The molecule has 1 rings (SSSR count). The van der Waals surface area contributed by atoms with Gasteiger partial charge in [0, 0.05) is 0 Å². The van der Waals surface area contributed by atoms with Gasteiger partial charge in [0.2, 0.25) is 0 Å². The van der Waals surface area contributed by atoms with E-state index in [4.69, 9.17) is 0 Å². The quantitative estimate of drug-likeness (QED) is 0.572. The van der Waals surface area contributed by atoms with Crippen LogP contribution in [-0.4, -0.2) is 0 Å². The first-order valence-corrected chi connectivity index (χ1v) is 6.16. The van der Waals surface area contributed by atoms with E-state index in [1.165, 1.54) is 12.8 Å². The molecule has 1 aliphatic rings. The van der Waals surface area contributed by atoms with E-state index in [1.54, 1.807) is 5.57 Å². The van der Waals surface area contributed by atoms with Gasteiger partial charge >= 0.3 is 0 Å². The summed E-state index contributed by atoms with van der Waals surface area (Å²) in [6, 6.07) is 0. The van der Waals surface area contributed by atoms with Gasteiger partial charge in [0.1, 0.15) is 0 Å². The SMILES string of the molecule is CCC(C)(C)C=CC1CC=C(C)C1(C)C. The van der Waals surface area contributed by atoms with E-state index in [-0.39, 0.29) is 0 Å². The molecule has 0 aromatic carbocycles. The van der Waals surface area contributed by atoms with E-state index in [0.29, 0.717) is 16.7 Å². The fraction of sp³-hybridized carbons (Fsp3) is 0.733. The Labute approximate surface area is 95.5 Å². The summed E-state index contributed by atoms with van der Waals surface area (Å²) in [5.41, 5.74) is 2.26. The van der Waals surface area contributed by atoms with Gasteiger partial charge < -0.3 is 0 Å². The maximum Gasteiger partial charge on any atom is -0.00817 e. The predicted molar refractivity (Wildman–Crippen MR) is 68.9 cm³/mol. The molecule has 0 heteroatoms. The zero-order chi connectivity index (χ0) is 11.7. The minimum Gasteiger partial charge on any atom is -0.0844 e. The Morgan fingerprint density at radius 2 is 2.07 bits per heavy atom. The second-order valence-electron chi connectivity index (χ2n) is 6.15. The van der Waals surface area contributed by atoms with E-state index >= 15 is 0 Å². The summed E-state index contributed by atoms with van der Waals surface area (Å²) >= 11 is 0. The van der Waals surface area contributed by atoms with Gasteiger partial charge in [-0.1, -0.05) is 58.4 Å². The second-order valence-corrected chi connectivity index (χ2v) is 6.15. The highest BCUT2D eigenvalue weighted by atomic mass is 14.4. The van der Waals surface area contributed by atoms with Gasteiger partial charge in [-0.2, -0.15) is 0 Å². The van der Waals surface area contributed by atoms with Crippen molar-refractivity contribution in [1.82, 2.24) is 0 Å². The van der Waals surface area contributed by atoms with Crippen LogP contribution in [0.3, 0.4) is 0 Å². The van der Waals surface area contributed by atoms with Gasteiger partial charge in [-0.3, -0.25) is 0 Å². The summed E-state index contributed by atoms with van der Waals surface area (Å²) in [7, 11) is 0. The molecule has 0 aliphatic heterocycles. The molecule has 15 heavy (non-hydrogen) atoms. The summed E-state index contributed by atoms with van der Waals surface area (Å²) in [4.78, 5) is 0. The van der Waals surface area contributed by atoms with Crippen molar-refractivity contribution in [3.8, 4) is 0 Å². The third-order valence-electron chi connectivity index (χ3n) is 4.31. The third-order valence-corrected chi connectivity index (χ3v) is 4.31. The minimum atomic E-state index is 0.354. The zero-order valence-electron chi connectivity index (χ0n) is 11.2. The lowest BCUT2D eigenvalue weighted by molar-refractivity contribution is 0.346. The van der Waals surface area contributed by atoms with Crippen LogP contribution in [0, 0.1) is 16.7 Å². The van der Waals surface area contributed by atoms with Gasteiger partial charge in [-0.05, 0) is 36.5 Å². The van der Waals surface area contributed by atoms with E-state index < -0.39 is 0 Å². The molecule has 0 heterocycles. The van der Waals surface area contributed by atoms with Crippen LogP contribution in [0.25, 0.3) is 0 Å². The van der Waals surface area contributed by atoms with E-state index in [0.717, 1.165) is 0 Å². The molecule has 0 fully saturated rings. The molecule has 0 amide bonds. The highest BCUT2D eigenvalue weighted by molar-refractivity contribution is 5.22. The summed E-state index contributed by atoms with van der Waals surface area (Å²) in [6.07, 6.45) is 9.68. The Hall–Kier alpha value is -0.520. The molecule has 1 atom stereocenters. The van der Waals surface area contributed by atoms with E-state index in [2.05, 4.69) is 59.8 Å². The van der Waals surface area contributed by atoms with Crippen LogP contribution in [0.15, 0.2) is 23.8 Å². The molecular formula is C15H26. The van der Waals surface area contributed by atoms with Crippen LogP contribution in [0.2, 0.25) is 0 Å². The molecule has 0 saturated heterocycles. The number of hydrogen-bond acceptors (Lipinski definition) is 0. The molecule has 0 spiro atoms. The third kappa shape index (κ3) is 2.74. The number of rotatable bonds is 3. The molecule has 1 unspecified atom stereocenters. The fourth-order valence-corrected chi connectivity index (χ4v) is 1.97. The smallest absolute Gasteiger partial charge is 0.00817 e. The van der Waals surface area contributed by atoms with Crippen LogP contribution in [-0.2, 0) is 0 Å². The van der Waals surface area contributed by atoms with Gasteiger partial charge in [-0.15, -0.1) is 0 Å². The largest absolute Gasteiger partial charge is 0.0844 e.